The normalized spacial score (nSPS) is 13.2. The minimum atomic E-state index is -3.74. The van der Waals surface area contributed by atoms with Gasteiger partial charge in [0.15, 0.2) is 5.82 Å². The number of aromatic nitrogens is 2. The van der Waals surface area contributed by atoms with Crippen LogP contribution in [0.5, 0.6) is 0 Å². The molecular weight excluding hydrogens is 358 g/mol. The molecule has 5 rings (SSSR count). The molecule has 27 heavy (non-hydrogen) atoms. The second kappa shape index (κ2) is 5.96. The van der Waals surface area contributed by atoms with Gasteiger partial charge in [0.2, 0.25) is 0 Å². The van der Waals surface area contributed by atoms with E-state index in [0.717, 1.165) is 29.3 Å². The van der Waals surface area contributed by atoms with Crippen LogP contribution in [0.2, 0.25) is 0 Å². The van der Waals surface area contributed by atoms with E-state index < -0.39 is 10.0 Å². The van der Waals surface area contributed by atoms with Gasteiger partial charge in [0.25, 0.3) is 10.0 Å². The Labute approximate surface area is 157 Å². The summed E-state index contributed by atoms with van der Waals surface area (Å²) >= 11 is 0. The van der Waals surface area contributed by atoms with Gasteiger partial charge in [-0.25, -0.2) is 13.1 Å². The number of sulfonamides is 1. The quantitative estimate of drug-likeness (QED) is 0.588. The zero-order valence-corrected chi connectivity index (χ0v) is 15.3. The van der Waals surface area contributed by atoms with E-state index in [0.29, 0.717) is 10.7 Å². The zero-order chi connectivity index (χ0) is 18.4. The van der Waals surface area contributed by atoms with Crippen LogP contribution in [0.3, 0.4) is 0 Å². The maximum Gasteiger partial charge on any atom is 0.263 e. The van der Waals surface area contributed by atoms with Crippen LogP contribution in [0.4, 0.5) is 5.82 Å². The molecule has 0 saturated heterocycles. The summed E-state index contributed by atoms with van der Waals surface area (Å²) in [5, 5.41) is 6.20. The van der Waals surface area contributed by atoms with Gasteiger partial charge < -0.3 is 0 Å². The van der Waals surface area contributed by atoms with E-state index in [4.69, 9.17) is 0 Å². The van der Waals surface area contributed by atoms with Crippen LogP contribution in [-0.4, -0.2) is 18.2 Å². The van der Waals surface area contributed by atoms with E-state index in [1.807, 2.05) is 48.5 Å². The molecule has 4 aromatic rings. The van der Waals surface area contributed by atoms with Crippen molar-refractivity contribution in [1.29, 1.82) is 0 Å². The van der Waals surface area contributed by atoms with E-state index in [1.165, 1.54) is 11.1 Å². The minimum Gasteiger partial charge on any atom is -0.262 e. The van der Waals surface area contributed by atoms with Gasteiger partial charge in [0, 0.05) is 17.6 Å². The van der Waals surface area contributed by atoms with E-state index in [2.05, 4.69) is 15.9 Å². The van der Waals surface area contributed by atoms with Crippen LogP contribution in [0.1, 0.15) is 11.1 Å². The number of nitrogens with one attached hydrogen (secondary N) is 1. The molecule has 0 atom stereocenters. The first kappa shape index (κ1) is 16.1. The van der Waals surface area contributed by atoms with Crippen LogP contribution in [0.25, 0.3) is 16.5 Å². The van der Waals surface area contributed by atoms with Gasteiger partial charge in [-0.3, -0.25) is 4.72 Å². The first-order valence-corrected chi connectivity index (χ1v) is 10.3. The fraction of sp³-hybridized carbons (Fsp3) is 0.0952. The van der Waals surface area contributed by atoms with Crippen LogP contribution in [-0.2, 0) is 22.9 Å². The van der Waals surface area contributed by atoms with Gasteiger partial charge in [-0.1, -0.05) is 42.5 Å². The number of benzene rings is 3. The number of hydrogen-bond donors (Lipinski definition) is 1. The van der Waals surface area contributed by atoms with E-state index >= 15 is 0 Å². The Hall–Kier alpha value is -3.12. The van der Waals surface area contributed by atoms with Gasteiger partial charge in [-0.05, 0) is 47.6 Å². The largest absolute Gasteiger partial charge is 0.263 e. The number of nitrogens with zero attached hydrogens (tertiary/aromatic N) is 2. The van der Waals surface area contributed by atoms with Crippen molar-refractivity contribution in [3.05, 3.63) is 84.1 Å². The lowest BCUT2D eigenvalue weighted by Crippen LogP contribution is -2.14. The summed E-state index contributed by atoms with van der Waals surface area (Å²) in [6.45, 7) is 0. The standard InChI is InChI=1S/C21H17N3O2S/c25-27(26,23-20-13-14-24(22-20)17-6-2-1-3-7-17)19-12-11-16-10-9-15-5-4-8-18(19)21(15)16/h1-8,11-14H,9-10H2,(H,22,23). The highest BCUT2D eigenvalue weighted by Crippen LogP contribution is 2.35. The number of rotatable bonds is 4. The Balaban J connectivity index is 1.54. The molecule has 0 fully saturated rings. The summed E-state index contributed by atoms with van der Waals surface area (Å²) in [6.07, 6.45) is 3.66. The fourth-order valence-electron chi connectivity index (χ4n) is 3.75. The highest BCUT2D eigenvalue weighted by Gasteiger charge is 2.23. The Bertz CT molecular complexity index is 1250. The summed E-state index contributed by atoms with van der Waals surface area (Å²) in [5.41, 5.74) is 3.30. The molecule has 1 heterocycles. The van der Waals surface area contributed by atoms with E-state index in [-0.39, 0.29) is 0 Å². The van der Waals surface area contributed by atoms with Crippen molar-refractivity contribution in [3.8, 4) is 5.69 Å². The highest BCUT2D eigenvalue weighted by molar-refractivity contribution is 7.93. The number of aryl methyl sites for hydroxylation is 2. The Morgan fingerprint density at radius 3 is 2.44 bits per heavy atom. The first-order valence-electron chi connectivity index (χ1n) is 8.79. The lowest BCUT2D eigenvalue weighted by molar-refractivity contribution is 0.601. The third-order valence-corrected chi connectivity index (χ3v) is 6.39. The van der Waals surface area contributed by atoms with Gasteiger partial charge in [-0.2, -0.15) is 0 Å². The summed E-state index contributed by atoms with van der Waals surface area (Å²) in [4.78, 5) is 0.291. The summed E-state index contributed by atoms with van der Waals surface area (Å²) in [7, 11) is -3.74. The molecule has 1 aliphatic carbocycles. The molecule has 5 nitrogen and oxygen atoms in total. The molecule has 0 unspecified atom stereocenters. The SMILES string of the molecule is O=S(=O)(Nc1ccn(-c2ccccc2)n1)c1ccc2c3c(cccc13)CC2. The molecule has 1 aliphatic rings. The van der Waals surface area contributed by atoms with Crippen molar-refractivity contribution in [3.63, 3.8) is 0 Å². The average Bonchev–Trinajstić information content (AvgIpc) is 3.31. The maximum atomic E-state index is 13.0. The zero-order valence-electron chi connectivity index (χ0n) is 14.5. The molecular formula is C21H17N3O2S. The Kier molecular flexibility index (Phi) is 3.55. The van der Waals surface area contributed by atoms with Gasteiger partial charge >= 0.3 is 0 Å². The van der Waals surface area contributed by atoms with Crippen molar-refractivity contribution >= 4 is 26.6 Å². The average molecular weight is 375 g/mol. The number of hydrogen-bond acceptors (Lipinski definition) is 3. The molecule has 0 radical (unpaired) electrons. The smallest absolute Gasteiger partial charge is 0.262 e. The second-order valence-corrected chi connectivity index (χ2v) is 8.30. The molecule has 1 N–H and O–H groups in total. The number of anilines is 1. The molecule has 6 heteroatoms. The Morgan fingerprint density at radius 2 is 1.63 bits per heavy atom. The first-order chi connectivity index (χ1) is 13.1. The summed E-state index contributed by atoms with van der Waals surface area (Å²) < 4.78 is 30.3. The molecule has 134 valence electrons. The lowest BCUT2D eigenvalue weighted by Gasteiger charge is -2.10. The van der Waals surface area contributed by atoms with Crippen LogP contribution < -0.4 is 4.72 Å². The molecule has 0 amide bonds. The van der Waals surface area contributed by atoms with E-state index in [9.17, 15) is 8.42 Å². The summed E-state index contributed by atoms with van der Waals surface area (Å²) in [5.74, 6) is 0.294. The van der Waals surface area contributed by atoms with E-state index in [1.54, 1.807) is 23.0 Å². The van der Waals surface area contributed by atoms with Crippen molar-refractivity contribution in [2.24, 2.45) is 0 Å². The van der Waals surface area contributed by atoms with Gasteiger partial charge in [0.05, 0.1) is 10.6 Å². The minimum absolute atomic E-state index is 0.291. The molecule has 0 bridgehead atoms. The molecule has 0 saturated carbocycles. The van der Waals surface area contributed by atoms with Crippen molar-refractivity contribution in [1.82, 2.24) is 9.78 Å². The predicted molar refractivity (Wildman–Crippen MR) is 106 cm³/mol. The number of para-hydroxylation sites is 1. The van der Waals surface area contributed by atoms with Crippen molar-refractivity contribution in [2.45, 2.75) is 17.7 Å². The maximum absolute atomic E-state index is 13.0. The molecule has 3 aromatic carbocycles. The van der Waals surface area contributed by atoms with Crippen LogP contribution in [0, 0.1) is 0 Å². The Morgan fingerprint density at radius 1 is 0.852 bits per heavy atom. The van der Waals surface area contributed by atoms with Crippen molar-refractivity contribution in [2.75, 3.05) is 4.72 Å². The van der Waals surface area contributed by atoms with Gasteiger partial charge in [0.1, 0.15) is 0 Å². The third-order valence-electron chi connectivity index (χ3n) is 4.98. The molecule has 0 spiro atoms. The molecule has 0 aliphatic heterocycles. The topological polar surface area (TPSA) is 64.0 Å². The predicted octanol–water partition coefficient (Wildman–Crippen LogP) is 3.92. The summed E-state index contributed by atoms with van der Waals surface area (Å²) in [6, 6.07) is 20.7. The third kappa shape index (κ3) is 2.69. The van der Waals surface area contributed by atoms with Gasteiger partial charge in [-0.15, -0.1) is 5.10 Å². The highest BCUT2D eigenvalue weighted by atomic mass is 32.2. The van der Waals surface area contributed by atoms with Crippen molar-refractivity contribution < 1.29 is 8.42 Å². The fourth-order valence-corrected chi connectivity index (χ4v) is 4.95. The monoisotopic (exact) mass is 375 g/mol. The lowest BCUT2D eigenvalue weighted by atomic mass is 10.1. The van der Waals surface area contributed by atoms with Crippen LogP contribution >= 0.6 is 0 Å². The van der Waals surface area contributed by atoms with Crippen LogP contribution in [0.15, 0.2) is 77.8 Å². The molecule has 1 aromatic heterocycles. The second-order valence-electron chi connectivity index (χ2n) is 6.65.